The van der Waals surface area contributed by atoms with Gasteiger partial charge in [0.1, 0.15) is 5.75 Å². The van der Waals surface area contributed by atoms with Gasteiger partial charge in [0.25, 0.3) is 0 Å². The molecule has 0 saturated heterocycles. The van der Waals surface area contributed by atoms with Gasteiger partial charge in [0.2, 0.25) is 10.0 Å². The van der Waals surface area contributed by atoms with Crippen LogP contribution in [-0.4, -0.2) is 34.6 Å². The summed E-state index contributed by atoms with van der Waals surface area (Å²) < 4.78 is 28.7. The molecule has 0 aromatic heterocycles. The zero-order valence-corrected chi connectivity index (χ0v) is 22.2. The molecule has 0 aliphatic rings. The second-order valence-electron chi connectivity index (χ2n) is 7.46. The molecule has 178 valence electrons. The summed E-state index contributed by atoms with van der Waals surface area (Å²) in [5.74, 6) is 1.60. The van der Waals surface area contributed by atoms with Gasteiger partial charge in [0.05, 0.1) is 11.5 Å². The van der Waals surface area contributed by atoms with Gasteiger partial charge in [-0.1, -0.05) is 44.0 Å². The molecule has 0 fully saturated rings. The Bertz CT molecular complexity index is 964. The SMILES string of the molecule is CCCCCOc1cc(C)ccc1CNC(=NC)NCCc1ccc(S(N)(=O)=O)cc1.I. The maximum atomic E-state index is 11.3. The van der Waals surface area contributed by atoms with Crippen LogP contribution in [0.1, 0.15) is 42.9 Å². The Kier molecular flexibility index (Phi) is 12.6. The molecule has 4 N–H and O–H groups in total. The van der Waals surface area contributed by atoms with Gasteiger partial charge in [-0.15, -0.1) is 24.0 Å². The summed E-state index contributed by atoms with van der Waals surface area (Å²) in [6, 6.07) is 12.8. The van der Waals surface area contributed by atoms with E-state index in [2.05, 4.69) is 47.7 Å². The molecule has 0 aliphatic carbocycles. The molecule has 0 spiro atoms. The van der Waals surface area contributed by atoms with Crippen LogP contribution in [0, 0.1) is 6.92 Å². The number of nitrogens with one attached hydrogen (secondary N) is 2. The molecule has 0 heterocycles. The molecule has 0 bridgehead atoms. The Morgan fingerprint density at radius 3 is 2.44 bits per heavy atom. The first-order valence-corrected chi connectivity index (χ1v) is 12.2. The lowest BCUT2D eigenvalue weighted by atomic mass is 10.1. The second kappa shape index (κ2) is 14.3. The predicted octanol–water partition coefficient (Wildman–Crippen LogP) is 3.74. The molecule has 0 saturated carbocycles. The Morgan fingerprint density at radius 1 is 1.09 bits per heavy atom. The van der Waals surface area contributed by atoms with E-state index in [1.807, 2.05) is 0 Å². The number of guanidine groups is 1. The van der Waals surface area contributed by atoms with Crippen molar-refractivity contribution >= 4 is 40.0 Å². The third kappa shape index (κ3) is 9.74. The van der Waals surface area contributed by atoms with E-state index in [4.69, 9.17) is 9.88 Å². The molecule has 9 heteroatoms. The highest BCUT2D eigenvalue weighted by Crippen LogP contribution is 2.20. The summed E-state index contributed by atoms with van der Waals surface area (Å²) >= 11 is 0. The van der Waals surface area contributed by atoms with Crippen LogP contribution in [0.5, 0.6) is 5.75 Å². The lowest BCUT2D eigenvalue weighted by Gasteiger charge is -2.15. The monoisotopic (exact) mass is 574 g/mol. The maximum absolute atomic E-state index is 11.3. The van der Waals surface area contributed by atoms with Crippen LogP contribution in [0.2, 0.25) is 0 Å². The van der Waals surface area contributed by atoms with Crippen molar-refractivity contribution in [2.24, 2.45) is 10.1 Å². The average molecular weight is 575 g/mol. The predicted molar refractivity (Wildman–Crippen MR) is 141 cm³/mol. The number of sulfonamides is 1. The van der Waals surface area contributed by atoms with Crippen LogP contribution >= 0.6 is 24.0 Å². The van der Waals surface area contributed by atoms with Crippen molar-refractivity contribution in [2.75, 3.05) is 20.2 Å². The van der Waals surface area contributed by atoms with Crippen LogP contribution < -0.4 is 20.5 Å². The summed E-state index contributed by atoms with van der Waals surface area (Å²) in [5.41, 5.74) is 3.27. The molecule has 7 nitrogen and oxygen atoms in total. The maximum Gasteiger partial charge on any atom is 0.238 e. The quantitative estimate of drug-likeness (QED) is 0.164. The summed E-state index contributed by atoms with van der Waals surface area (Å²) in [6.45, 7) is 6.22. The van der Waals surface area contributed by atoms with Crippen molar-refractivity contribution < 1.29 is 13.2 Å². The number of rotatable bonds is 11. The lowest BCUT2D eigenvalue weighted by Crippen LogP contribution is -2.37. The number of nitrogens with zero attached hydrogens (tertiary/aromatic N) is 1. The van der Waals surface area contributed by atoms with E-state index < -0.39 is 10.0 Å². The minimum Gasteiger partial charge on any atom is -0.493 e. The molecule has 32 heavy (non-hydrogen) atoms. The zero-order chi connectivity index (χ0) is 22.7. The van der Waals surface area contributed by atoms with Gasteiger partial charge in [-0.3, -0.25) is 4.99 Å². The van der Waals surface area contributed by atoms with Crippen LogP contribution in [0.15, 0.2) is 52.4 Å². The number of primary sulfonamides is 1. The zero-order valence-electron chi connectivity index (χ0n) is 19.1. The number of halogens is 1. The minimum atomic E-state index is -3.66. The normalized spacial score (nSPS) is 11.6. The molecule has 2 aromatic rings. The topological polar surface area (TPSA) is 106 Å². The van der Waals surface area contributed by atoms with E-state index in [1.54, 1.807) is 19.2 Å². The minimum absolute atomic E-state index is 0. The van der Waals surface area contributed by atoms with Gasteiger partial charge < -0.3 is 15.4 Å². The number of unbranched alkanes of at least 4 members (excludes halogenated alkanes) is 2. The van der Waals surface area contributed by atoms with Crippen LogP contribution in [0.3, 0.4) is 0 Å². The van der Waals surface area contributed by atoms with E-state index in [0.717, 1.165) is 36.3 Å². The van der Waals surface area contributed by atoms with E-state index in [9.17, 15) is 8.42 Å². The molecule has 2 aromatic carbocycles. The summed E-state index contributed by atoms with van der Waals surface area (Å²) in [7, 11) is -1.93. The Morgan fingerprint density at radius 2 is 1.81 bits per heavy atom. The van der Waals surface area contributed by atoms with Crippen molar-refractivity contribution in [3.8, 4) is 5.75 Å². The first kappa shape index (κ1) is 28.2. The smallest absolute Gasteiger partial charge is 0.238 e. The van der Waals surface area contributed by atoms with Crippen molar-refractivity contribution in [1.82, 2.24) is 10.6 Å². The standard InChI is InChI=1S/C23H34N4O3S.HI/c1-4-5-6-15-30-22-16-18(2)7-10-20(22)17-27-23(25-3)26-14-13-19-8-11-21(12-9-19)31(24,28)29;/h7-12,16H,4-6,13-15,17H2,1-3H3,(H2,24,28,29)(H2,25,26,27);1H. The van der Waals surface area contributed by atoms with Crippen molar-refractivity contribution in [3.05, 3.63) is 59.2 Å². The highest BCUT2D eigenvalue weighted by atomic mass is 127. The van der Waals surface area contributed by atoms with Crippen molar-refractivity contribution in [2.45, 2.75) is 51.0 Å². The largest absolute Gasteiger partial charge is 0.493 e. The molecule has 2 rings (SSSR count). The van der Waals surface area contributed by atoms with Crippen LogP contribution in [-0.2, 0) is 23.0 Å². The van der Waals surface area contributed by atoms with Gasteiger partial charge in [-0.2, -0.15) is 0 Å². The highest BCUT2D eigenvalue weighted by molar-refractivity contribution is 14.0. The van der Waals surface area contributed by atoms with E-state index in [0.29, 0.717) is 19.0 Å². The summed E-state index contributed by atoms with van der Waals surface area (Å²) in [6.07, 6.45) is 4.12. The molecule has 0 radical (unpaired) electrons. The first-order chi connectivity index (χ1) is 14.8. The number of benzene rings is 2. The molecule has 0 amide bonds. The fourth-order valence-electron chi connectivity index (χ4n) is 3.05. The van der Waals surface area contributed by atoms with E-state index in [-0.39, 0.29) is 28.9 Å². The molecule has 0 atom stereocenters. The number of hydrogen-bond acceptors (Lipinski definition) is 4. The van der Waals surface area contributed by atoms with E-state index in [1.165, 1.54) is 30.5 Å². The fraction of sp³-hybridized carbons (Fsp3) is 0.435. The van der Waals surface area contributed by atoms with E-state index >= 15 is 0 Å². The summed E-state index contributed by atoms with van der Waals surface area (Å²) in [4.78, 5) is 4.39. The molecule has 0 aliphatic heterocycles. The lowest BCUT2D eigenvalue weighted by molar-refractivity contribution is 0.303. The number of aryl methyl sites for hydroxylation is 1. The number of ether oxygens (including phenoxy) is 1. The average Bonchev–Trinajstić information content (AvgIpc) is 2.74. The number of aliphatic imine (C=N–C) groups is 1. The second-order valence-corrected chi connectivity index (χ2v) is 9.02. The van der Waals surface area contributed by atoms with Gasteiger partial charge in [-0.05, 0) is 49.1 Å². The molecule has 0 unspecified atom stereocenters. The molecular weight excluding hydrogens is 539 g/mol. The fourth-order valence-corrected chi connectivity index (χ4v) is 3.56. The summed E-state index contributed by atoms with van der Waals surface area (Å²) in [5, 5.41) is 11.7. The number of hydrogen-bond donors (Lipinski definition) is 3. The van der Waals surface area contributed by atoms with Gasteiger partial charge >= 0.3 is 0 Å². The third-order valence-electron chi connectivity index (χ3n) is 4.86. The van der Waals surface area contributed by atoms with Crippen LogP contribution in [0.4, 0.5) is 0 Å². The number of nitrogens with two attached hydrogens (primary N) is 1. The first-order valence-electron chi connectivity index (χ1n) is 10.6. The third-order valence-corrected chi connectivity index (χ3v) is 5.79. The van der Waals surface area contributed by atoms with Gasteiger partial charge in [0, 0.05) is 25.7 Å². The molecular formula is C23H35IN4O3S. The Hall–Kier alpha value is -1.85. The van der Waals surface area contributed by atoms with Crippen molar-refractivity contribution in [3.63, 3.8) is 0 Å². The van der Waals surface area contributed by atoms with Gasteiger partial charge in [0.15, 0.2) is 5.96 Å². The van der Waals surface area contributed by atoms with Crippen LogP contribution in [0.25, 0.3) is 0 Å². The van der Waals surface area contributed by atoms with Gasteiger partial charge in [-0.25, -0.2) is 13.6 Å². The van der Waals surface area contributed by atoms with Crippen molar-refractivity contribution in [1.29, 1.82) is 0 Å². The Balaban J connectivity index is 0.00000512. The highest BCUT2D eigenvalue weighted by Gasteiger charge is 2.08. The Labute approximate surface area is 209 Å².